The number of hydrogen-bond acceptors (Lipinski definition) is 5. The molecule has 0 fully saturated rings. The fourth-order valence-corrected chi connectivity index (χ4v) is 2.51. The summed E-state index contributed by atoms with van der Waals surface area (Å²) in [6.07, 6.45) is -2.77. The molecular formula is C14H17FO5S. The maximum absolute atomic E-state index is 13.2. The maximum Gasteiger partial charge on any atom is 0.307 e. The van der Waals surface area contributed by atoms with Crippen molar-refractivity contribution in [2.75, 3.05) is 5.75 Å². The summed E-state index contributed by atoms with van der Waals surface area (Å²) in [7, 11) is 0. The summed E-state index contributed by atoms with van der Waals surface area (Å²) in [5.74, 6) is -1.43. The van der Waals surface area contributed by atoms with E-state index in [-0.39, 0.29) is 22.7 Å². The zero-order valence-electron chi connectivity index (χ0n) is 11.5. The van der Waals surface area contributed by atoms with Crippen molar-refractivity contribution in [1.82, 2.24) is 0 Å². The van der Waals surface area contributed by atoms with E-state index >= 15 is 0 Å². The fraction of sp³-hybridized carbons (Fsp3) is 0.429. The third-order valence-corrected chi connectivity index (χ3v) is 3.70. The summed E-state index contributed by atoms with van der Waals surface area (Å²) in [5, 5.41) is 28.7. The smallest absolute Gasteiger partial charge is 0.307 e. The van der Waals surface area contributed by atoms with E-state index in [2.05, 4.69) is 0 Å². The molecule has 0 aromatic heterocycles. The van der Waals surface area contributed by atoms with Crippen LogP contribution in [-0.4, -0.2) is 38.3 Å². The van der Waals surface area contributed by atoms with Crippen LogP contribution < -0.4 is 0 Å². The molecule has 2 unspecified atom stereocenters. The third kappa shape index (κ3) is 5.82. The van der Waals surface area contributed by atoms with Crippen LogP contribution in [0.2, 0.25) is 0 Å². The lowest BCUT2D eigenvalue weighted by molar-refractivity contribution is -0.136. The first kappa shape index (κ1) is 17.6. The third-order valence-electron chi connectivity index (χ3n) is 2.85. The van der Waals surface area contributed by atoms with Crippen molar-refractivity contribution in [1.29, 1.82) is 0 Å². The van der Waals surface area contributed by atoms with E-state index in [1.54, 1.807) is 0 Å². The molecule has 1 aromatic carbocycles. The van der Waals surface area contributed by atoms with Gasteiger partial charge in [-0.3, -0.25) is 9.59 Å². The van der Waals surface area contributed by atoms with Crippen LogP contribution in [0.1, 0.15) is 30.6 Å². The van der Waals surface area contributed by atoms with Crippen molar-refractivity contribution in [2.45, 2.75) is 32.0 Å². The molecule has 1 rings (SSSR count). The van der Waals surface area contributed by atoms with Gasteiger partial charge in [0, 0.05) is 12.7 Å². The van der Waals surface area contributed by atoms with E-state index in [4.69, 9.17) is 5.11 Å². The number of aliphatic hydroxyl groups excluding tert-OH is 2. The number of carboxylic acids is 1. The van der Waals surface area contributed by atoms with Crippen LogP contribution in [0.5, 0.6) is 0 Å². The minimum atomic E-state index is -1.33. The average Bonchev–Trinajstić information content (AvgIpc) is 2.36. The molecule has 0 aliphatic heterocycles. The normalized spacial score (nSPS) is 13.7. The molecule has 0 heterocycles. The highest BCUT2D eigenvalue weighted by Gasteiger charge is 2.22. The van der Waals surface area contributed by atoms with Crippen molar-refractivity contribution in [3.8, 4) is 0 Å². The molecule has 7 heteroatoms. The molecule has 0 saturated heterocycles. The Morgan fingerprint density at radius 1 is 1.33 bits per heavy atom. The second-order valence-corrected chi connectivity index (χ2v) is 5.83. The second kappa shape index (κ2) is 8.11. The van der Waals surface area contributed by atoms with E-state index < -0.39 is 30.4 Å². The number of halogens is 1. The van der Waals surface area contributed by atoms with Gasteiger partial charge in [-0.15, -0.1) is 0 Å². The predicted octanol–water partition coefficient (Wildman–Crippen LogP) is 1.52. The molecule has 0 aliphatic carbocycles. The summed E-state index contributed by atoms with van der Waals surface area (Å²) in [4.78, 5) is 21.6. The van der Waals surface area contributed by atoms with Gasteiger partial charge >= 0.3 is 5.97 Å². The van der Waals surface area contributed by atoms with Gasteiger partial charge in [0.2, 0.25) is 0 Å². The van der Waals surface area contributed by atoms with Gasteiger partial charge in [-0.25, -0.2) is 4.39 Å². The zero-order valence-corrected chi connectivity index (χ0v) is 12.3. The highest BCUT2D eigenvalue weighted by Crippen LogP contribution is 2.25. The van der Waals surface area contributed by atoms with Gasteiger partial charge in [0.15, 0.2) is 5.12 Å². The Kier molecular flexibility index (Phi) is 6.80. The highest BCUT2D eigenvalue weighted by atomic mass is 32.2. The molecule has 21 heavy (non-hydrogen) atoms. The average molecular weight is 316 g/mol. The van der Waals surface area contributed by atoms with E-state index in [0.717, 1.165) is 23.9 Å². The minimum absolute atomic E-state index is 0.0926. The van der Waals surface area contributed by atoms with Gasteiger partial charge < -0.3 is 15.3 Å². The molecule has 5 nitrogen and oxygen atoms in total. The quantitative estimate of drug-likeness (QED) is 0.706. The molecule has 1 aromatic rings. The van der Waals surface area contributed by atoms with E-state index in [1.165, 1.54) is 13.0 Å². The first-order chi connectivity index (χ1) is 9.81. The van der Waals surface area contributed by atoms with Gasteiger partial charge in [0.1, 0.15) is 11.9 Å². The van der Waals surface area contributed by atoms with Gasteiger partial charge in [0.05, 0.1) is 12.5 Å². The lowest BCUT2D eigenvalue weighted by Gasteiger charge is -2.20. The number of carboxylic acid groups (broad SMARTS) is 1. The Balaban J connectivity index is 2.82. The predicted molar refractivity (Wildman–Crippen MR) is 76.5 cm³/mol. The number of carbonyl (C=O) groups excluding carboxylic acids is 1. The molecule has 0 spiro atoms. The van der Waals surface area contributed by atoms with Crippen LogP contribution in [0.25, 0.3) is 0 Å². The van der Waals surface area contributed by atoms with E-state index in [0.29, 0.717) is 5.75 Å². The SMILES string of the molecule is CC(=O)SCCC(O)C(O)c1ccc(F)cc1CC(=O)O. The summed E-state index contributed by atoms with van der Waals surface area (Å²) in [6, 6.07) is 3.39. The molecule has 0 aliphatic rings. The molecule has 3 N–H and O–H groups in total. The summed E-state index contributed by atoms with van der Waals surface area (Å²) < 4.78 is 13.2. The van der Waals surface area contributed by atoms with Crippen molar-refractivity contribution in [2.24, 2.45) is 0 Å². The topological polar surface area (TPSA) is 94.8 Å². The first-order valence-electron chi connectivity index (χ1n) is 6.31. The summed E-state index contributed by atoms with van der Waals surface area (Å²) >= 11 is 1.03. The van der Waals surface area contributed by atoms with Crippen molar-refractivity contribution in [3.63, 3.8) is 0 Å². The number of rotatable bonds is 7. The fourth-order valence-electron chi connectivity index (χ4n) is 1.87. The number of carbonyl (C=O) groups is 2. The molecule has 0 radical (unpaired) electrons. The molecule has 116 valence electrons. The Bertz CT molecular complexity index is 520. The van der Waals surface area contributed by atoms with E-state index in [9.17, 15) is 24.2 Å². The van der Waals surface area contributed by atoms with E-state index in [1.807, 2.05) is 0 Å². The molecule has 0 saturated carbocycles. The van der Waals surface area contributed by atoms with Crippen LogP contribution in [0.15, 0.2) is 18.2 Å². The van der Waals surface area contributed by atoms with Gasteiger partial charge in [-0.05, 0) is 29.7 Å². The minimum Gasteiger partial charge on any atom is -0.481 e. The Morgan fingerprint density at radius 2 is 2.00 bits per heavy atom. The van der Waals surface area contributed by atoms with Crippen LogP contribution in [0.4, 0.5) is 4.39 Å². The van der Waals surface area contributed by atoms with Gasteiger partial charge in [-0.1, -0.05) is 17.8 Å². The second-order valence-electron chi connectivity index (χ2n) is 4.55. The molecule has 0 amide bonds. The van der Waals surface area contributed by atoms with Crippen molar-refractivity contribution >= 4 is 22.8 Å². The van der Waals surface area contributed by atoms with Crippen LogP contribution >= 0.6 is 11.8 Å². The molecular weight excluding hydrogens is 299 g/mol. The largest absolute Gasteiger partial charge is 0.481 e. The summed E-state index contributed by atoms with van der Waals surface area (Å²) in [6.45, 7) is 1.40. The number of benzene rings is 1. The van der Waals surface area contributed by atoms with Crippen LogP contribution in [0, 0.1) is 5.82 Å². The number of hydrogen-bond donors (Lipinski definition) is 3. The van der Waals surface area contributed by atoms with Crippen molar-refractivity contribution < 1.29 is 29.3 Å². The van der Waals surface area contributed by atoms with Gasteiger partial charge in [-0.2, -0.15) is 0 Å². The van der Waals surface area contributed by atoms with Crippen LogP contribution in [-0.2, 0) is 16.0 Å². The zero-order chi connectivity index (χ0) is 16.0. The maximum atomic E-state index is 13.2. The highest BCUT2D eigenvalue weighted by molar-refractivity contribution is 8.13. The number of aliphatic hydroxyl groups is 2. The Morgan fingerprint density at radius 3 is 2.57 bits per heavy atom. The Hall–Kier alpha value is -1.44. The monoisotopic (exact) mass is 316 g/mol. The first-order valence-corrected chi connectivity index (χ1v) is 7.29. The van der Waals surface area contributed by atoms with Crippen LogP contribution in [0.3, 0.4) is 0 Å². The standard InChI is InChI=1S/C14H17FO5S/c1-8(16)21-5-4-12(17)14(20)11-3-2-10(15)6-9(11)7-13(18)19/h2-3,6,12,14,17,20H,4-5,7H2,1H3,(H,18,19). The lowest BCUT2D eigenvalue weighted by Crippen LogP contribution is -2.21. The van der Waals surface area contributed by atoms with Gasteiger partial charge in [0.25, 0.3) is 0 Å². The molecule has 0 bridgehead atoms. The molecule has 2 atom stereocenters. The number of thioether (sulfide) groups is 1. The summed E-state index contributed by atoms with van der Waals surface area (Å²) in [5.41, 5.74) is 0.299. The van der Waals surface area contributed by atoms with Crippen molar-refractivity contribution in [3.05, 3.63) is 35.1 Å². The Labute approximate surface area is 125 Å². The number of aliphatic carboxylic acids is 1. The lowest BCUT2D eigenvalue weighted by atomic mass is 9.95.